The van der Waals surface area contributed by atoms with Gasteiger partial charge >= 0.3 is 6.36 Å². The van der Waals surface area contributed by atoms with Gasteiger partial charge in [0.1, 0.15) is 11.9 Å². The molecule has 0 radical (unpaired) electrons. The van der Waals surface area contributed by atoms with E-state index < -0.39 is 28.2 Å². The molecule has 0 aliphatic carbocycles. The zero-order valence-electron chi connectivity index (χ0n) is 15.3. The summed E-state index contributed by atoms with van der Waals surface area (Å²) in [4.78, 5) is 7.89. The molecule has 1 aliphatic heterocycles. The highest BCUT2D eigenvalue weighted by atomic mass is 32.2. The van der Waals surface area contributed by atoms with Crippen molar-refractivity contribution in [3.8, 4) is 17.5 Å². The van der Waals surface area contributed by atoms with Crippen molar-refractivity contribution in [2.24, 2.45) is 0 Å². The van der Waals surface area contributed by atoms with Gasteiger partial charge in [-0.2, -0.15) is 4.31 Å². The Morgan fingerprint density at radius 1 is 1.10 bits per heavy atom. The van der Waals surface area contributed by atoms with E-state index in [1.54, 1.807) is 0 Å². The minimum atomic E-state index is -4.85. The smallest absolute Gasteiger partial charge is 0.477 e. The van der Waals surface area contributed by atoms with Crippen LogP contribution in [0.25, 0.3) is 0 Å². The number of hydrogen-bond acceptors (Lipinski definition) is 7. The summed E-state index contributed by atoms with van der Waals surface area (Å²) in [6.07, 6.45) is -1.31. The molecule has 3 rings (SSSR count). The van der Waals surface area contributed by atoms with E-state index in [9.17, 15) is 21.6 Å². The third kappa shape index (κ3) is 5.26. The first kappa shape index (κ1) is 21.1. The number of ether oxygens (including phenoxy) is 3. The van der Waals surface area contributed by atoms with Crippen molar-refractivity contribution in [2.45, 2.75) is 30.2 Å². The molecule has 0 spiro atoms. The molecule has 8 nitrogen and oxygen atoms in total. The van der Waals surface area contributed by atoms with E-state index >= 15 is 0 Å². The SMILES string of the molecule is COc1nccnc1OC1CCCN(S(=O)(=O)c2ccc(OC(F)(F)F)cc2)C1. The number of halogens is 3. The van der Waals surface area contributed by atoms with E-state index in [4.69, 9.17) is 9.47 Å². The fraction of sp³-hybridized carbons (Fsp3) is 0.412. The standard InChI is InChI=1S/C17H18F3N3O5S/c1-26-15-16(22-9-8-21-15)27-13-3-2-10-23(11-13)29(24,25)14-6-4-12(5-7-14)28-17(18,19)20/h4-9,13H,2-3,10-11H2,1H3. The number of hydrogen-bond donors (Lipinski definition) is 0. The van der Waals surface area contributed by atoms with Gasteiger partial charge in [0.2, 0.25) is 10.0 Å². The minimum Gasteiger partial charge on any atom is -0.477 e. The number of methoxy groups -OCH3 is 1. The molecule has 158 valence electrons. The Kier molecular flexibility index (Phi) is 6.13. The van der Waals surface area contributed by atoms with E-state index in [-0.39, 0.29) is 29.7 Å². The van der Waals surface area contributed by atoms with Gasteiger partial charge in [-0.25, -0.2) is 18.4 Å². The fourth-order valence-corrected chi connectivity index (χ4v) is 4.38. The monoisotopic (exact) mass is 433 g/mol. The van der Waals surface area contributed by atoms with Gasteiger partial charge in [0, 0.05) is 18.9 Å². The van der Waals surface area contributed by atoms with Crippen molar-refractivity contribution >= 4 is 10.0 Å². The quantitative estimate of drug-likeness (QED) is 0.692. The number of alkyl halides is 3. The Morgan fingerprint density at radius 2 is 1.76 bits per heavy atom. The van der Waals surface area contributed by atoms with Crippen LogP contribution in [-0.4, -0.2) is 55.4 Å². The molecule has 1 saturated heterocycles. The molecular weight excluding hydrogens is 415 g/mol. The van der Waals surface area contributed by atoms with E-state index in [2.05, 4.69) is 14.7 Å². The summed E-state index contributed by atoms with van der Waals surface area (Å²) in [5.74, 6) is -0.147. The van der Waals surface area contributed by atoms with Gasteiger partial charge < -0.3 is 14.2 Å². The van der Waals surface area contributed by atoms with Crippen molar-refractivity contribution in [1.82, 2.24) is 14.3 Å². The molecule has 0 saturated carbocycles. The minimum absolute atomic E-state index is 0.0584. The Balaban J connectivity index is 1.72. The van der Waals surface area contributed by atoms with Gasteiger partial charge in [-0.1, -0.05) is 0 Å². The zero-order valence-corrected chi connectivity index (χ0v) is 16.1. The Hall–Kier alpha value is -2.60. The Morgan fingerprint density at radius 3 is 2.38 bits per heavy atom. The number of aromatic nitrogens is 2. The van der Waals surface area contributed by atoms with Crippen molar-refractivity contribution in [1.29, 1.82) is 0 Å². The maximum atomic E-state index is 12.9. The first-order chi connectivity index (χ1) is 13.7. The number of nitrogens with zero attached hydrogens (tertiary/aromatic N) is 3. The molecule has 1 aliphatic rings. The van der Waals surface area contributed by atoms with Crippen LogP contribution in [0.5, 0.6) is 17.5 Å². The summed E-state index contributed by atoms with van der Waals surface area (Å²) in [7, 11) is -2.50. The molecule has 2 aromatic rings. The van der Waals surface area contributed by atoms with Crippen LogP contribution in [0.3, 0.4) is 0 Å². The van der Waals surface area contributed by atoms with Gasteiger partial charge in [0.25, 0.3) is 11.8 Å². The second-order valence-corrected chi connectivity index (χ2v) is 8.07. The number of sulfonamides is 1. The van der Waals surface area contributed by atoms with Crippen molar-refractivity contribution in [3.05, 3.63) is 36.7 Å². The molecule has 29 heavy (non-hydrogen) atoms. The van der Waals surface area contributed by atoms with Crippen LogP contribution < -0.4 is 14.2 Å². The lowest BCUT2D eigenvalue weighted by Crippen LogP contribution is -2.44. The van der Waals surface area contributed by atoms with Gasteiger partial charge in [0.05, 0.1) is 18.6 Å². The lowest BCUT2D eigenvalue weighted by molar-refractivity contribution is -0.274. The molecule has 0 bridgehead atoms. The number of piperidine rings is 1. The van der Waals surface area contributed by atoms with E-state index in [1.165, 1.54) is 23.8 Å². The molecule has 1 atom stereocenters. The summed E-state index contributed by atoms with van der Waals surface area (Å²) >= 11 is 0. The van der Waals surface area contributed by atoms with Gasteiger partial charge in [-0.3, -0.25) is 0 Å². The maximum absolute atomic E-state index is 12.9. The van der Waals surface area contributed by atoms with E-state index in [0.717, 1.165) is 24.3 Å². The largest absolute Gasteiger partial charge is 0.573 e. The molecule has 1 unspecified atom stereocenters. The second-order valence-electron chi connectivity index (χ2n) is 6.14. The van der Waals surface area contributed by atoms with Crippen LogP contribution >= 0.6 is 0 Å². The van der Waals surface area contributed by atoms with Crippen LogP contribution in [0.2, 0.25) is 0 Å². The van der Waals surface area contributed by atoms with Crippen molar-refractivity contribution in [2.75, 3.05) is 20.2 Å². The fourth-order valence-electron chi connectivity index (χ4n) is 2.87. The first-order valence-corrected chi connectivity index (χ1v) is 10.0. The molecule has 1 aromatic carbocycles. The van der Waals surface area contributed by atoms with Gasteiger partial charge in [-0.15, -0.1) is 13.2 Å². The summed E-state index contributed by atoms with van der Waals surface area (Å²) in [6.45, 7) is 0.323. The average molecular weight is 433 g/mol. The zero-order chi connectivity index (χ0) is 21.1. The van der Waals surface area contributed by atoms with Crippen LogP contribution in [0.1, 0.15) is 12.8 Å². The summed E-state index contributed by atoms with van der Waals surface area (Å²) in [6, 6.07) is 4.07. The predicted molar refractivity (Wildman–Crippen MR) is 94.1 cm³/mol. The topological polar surface area (TPSA) is 90.9 Å². The average Bonchev–Trinajstić information content (AvgIpc) is 2.68. The Labute approximate surface area is 165 Å². The van der Waals surface area contributed by atoms with Crippen LogP contribution in [0.15, 0.2) is 41.6 Å². The number of rotatable bonds is 6. The third-order valence-electron chi connectivity index (χ3n) is 4.14. The number of benzene rings is 1. The van der Waals surface area contributed by atoms with Gasteiger partial charge in [-0.05, 0) is 37.1 Å². The highest BCUT2D eigenvalue weighted by Gasteiger charge is 2.33. The van der Waals surface area contributed by atoms with Crippen LogP contribution in [0.4, 0.5) is 13.2 Å². The van der Waals surface area contributed by atoms with Crippen LogP contribution in [-0.2, 0) is 10.0 Å². The molecule has 12 heteroatoms. The lowest BCUT2D eigenvalue weighted by atomic mass is 10.1. The summed E-state index contributed by atoms with van der Waals surface area (Å²) in [5, 5.41) is 0. The maximum Gasteiger partial charge on any atom is 0.573 e. The summed E-state index contributed by atoms with van der Waals surface area (Å²) in [5.41, 5.74) is 0. The van der Waals surface area contributed by atoms with E-state index in [1.807, 2.05) is 0 Å². The molecule has 0 N–H and O–H groups in total. The second kappa shape index (κ2) is 8.41. The third-order valence-corrected chi connectivity index (χ3v) is 6.02. The lowest BCUT2D eigenvalue weighted by Gasteiger charge is -2.31. The highest BCUT2D eigenvalue weighted by molar-refractivity contribution is 7.89. The summed E-state index contributed by atoms with van der Waals surface area (Å²) < 4.78 is 78.3. The van der Waals surface area contributed by atoms with E-state index in [0.29, 0.717) is 12.8 Å². The molecule has 2 heterocycles. The first-order valence-electron chi connectivity index (χ1n) is 8.56. The predicted octanol–water partition coefficient (Wildman–Crippen LogP) is 2.62. The van der Waals surface area contributed by atoms with Crippen molar-refractivity contribution in [3.63, 3.8) is 0 Å². The Bertz CT molecular complexity index is 938. The molecule has 1 aromatic heterocycles. The van der Waals surface area contributed by atoms with Crippen LogP contribution in [0, 0.1) is 0 Å². The van der Waals surface area contributed by atoms with Gasteiger partial charge in [0.15, 0.2) is 0 Å². The normalized spacial score (nSPS) is 18.3. The highest BCUT2D eigenvalue weighted by Crippen LogP contribution is 2.28. The molecule has 1 fully saturated rings. The molecule has 0 amide bonds. The molecular formula is C17H18F3N3O5S. The van der Waals surface area contributed by atoms with Crippen molar-refractivity contribution < 1.29 is 35.8 Å².